The second-order valence-electron chi connectivity index (χ2n) is 10.0. The normalized spacial score (nSPS) is 20.4. The minimum absolute atomic E-state index is 0.152. The number of likely N-dealkylation sites (N-methyl/N-ethyl adjacent to an activating group) is 1. The van der Waals surface area contributed by atoms with E-state index in [1.807, 2.05) is 6.92 Å². The summed E-state index contributed by atoms with van der Waals surface area (Å²) in [6, 6.07) is 11.0. The number of ether oxygens (including phenoxy) is 2. The van der Waals surface area contributed by atoms with Gasteiger partial charge in [0.05, 0.1) is 35.5 Å². The first-order valence-electron chi connectivity index (χ1n) is 13.0. The zero-order valence-electron chi connectivity index (χ0n) is 22.4. The van der Waals surface area contributed by atoms with Crippen molar-refractivity contribution >= 4 is 46.5 Å². The highest BCUT2D eigenvalue weighted by Gasteiger charge is 2.39. The number of anilines is 3. The van der Waals surface area contributed by atoms with Gasteiger partial charge in [0, 0.05) is 36.7 Å². The molecule has 3 atom stereocenters. The number of hydrogen-bond acceptors (Lipinski definition) is 6. The molecule has 0 saturated carbocycles. The number of urea groups is 1. The van der Waals surface area contributed by atoms with Crippen LogP contribution in [0.4, 0.5) is 21.9 Å². The number of nitrogens with one attached hydrogen (secondary N) is 3. The average molecular weight is 567 g/mol. The molecule has 1 saturated heterocycles. The Kier molecular flexibility index (Phi) is 7.95. The van der Waals surface area contributed by atoms with Gasteiger partial charge in [-0.25, -0.2) is 4.79 Å². The Balaban J connectivity index is 1.23. The number of aryl methyl sites for hydroxylation is 2. The molecule has 210 valence electrons. The van der Waals surface area contributed by atoms with Gasteiger partial charge in [0.1, 0.15) is 18.5 Å². The molecule has 0 bridgehead atoms. The van der Waals surface area contributed by atoms with E-state index in [1.54, 1.807) is 72.3 Å². The predicted octanol–water partition coefficient (Wildman–Crippen LogP) is 4.44. The quantitative estimate of drug-likeness (QED) is 0.419. The molecule has 0 spiro atoms. The van der Waals surface area contributed by atoms with Gasteiger partial charge in [-0.3, -0.25) is 14.3 Å². The molecule has 2 aliphatic rings. The number of rotatable bonds is 5. The van der Waals surface area contributed by atoms with Gasteiger partial charge in [0.2, 0.25) is 5.91 Å². The molecule has 0 unspecified atom stereocenters. The molecule has 0 aliphatic carbocycles. The Hall–Kier alpha value is -4.09. The third-order valence-corrected chi connectivity index (χ3v) is 7.29. The average Bonchev–Trinajstić information content (AvgIpc) is 3.22. The predicted molar refractivity (Wildman–Crippen MR) is 151 cm³/mol. The highest BCUT2D eigenvalue weighted by Crippen LogP contribution is 2.33. The Morgan fingerprint density at radius 2 is 1.85 bits per heavy atom. The third kappa shape index (κ3) is 6.21. The Labute approximate surface area is 236 Å². The number of carbonyl (C=O) groups is 3. The summed E-state index contributed by atoms with van der Waals surface area (Å²) in [4.78, 5) is 40.3. The van der Waals surface area contributed by atoms with Gasteiger partial charge in [-0.05, 0) is 56.2 Å². The number of carbonyl (C=O) groups excluding carboxylic acids is 3. The molecule has 3 N–H and O–H groups in total. The Bertz CT molecular complexity index is 1440. The second-order valence-corrected chi connectivity index (χ2v) is 10.5. The largest absolute Gasteiger partial charge is 0.490 e. The van der Waals surface area contributed by atoms with Crippen LogP contribution in [0.3, 0.4) is 0 Å². The maximum Gasteiger partial charge on any atom is 0.323 e. The van der Waals surface area contributed by atoms with Crippen LogP contribution in [-0.2, 0) is 16.6 Å². The van der Waals surface area contributed by atoms with Gasteiger partial charge in [0.25, 0.3) is 5.91 Å². The fourth-order valence-corrected chi connectivity index (χ4v) is 5.29. The maximum absolute atomic E-state index is 13.5. The van der Waals surface area contributed by atoms with E-state index in [9.17, 15) is 14.4 Å². The zero-order chi connectivity index (χ0) is 28.4. The van der Waals surface area contributed by atoms with E-state index in [0.29, 0.717) is 46.2 Å². The lowest BCUT2D eigenvalue weighted by atomic mass is 9.94. The smallest absolute Gasteiger partial charge is 0.323 e. The van der Waals surface area contributed by atoms with Crippen molar-refractivity contribution in [1.82, 2.24) is 14.7 Å². The summed E-state index contributed by atoms with van der Waals surface area (Å²) < 4.78 is 13.9. The van der Waals surface area contributed by atoms with Crippen molar-refractivity contribution in [2.45, 2.75) is 44.4 Å². The minimum atomic E-state index is -0.468. The lowest BCUT2D eigenvalue weighted by molar-refractivity contribution is -0.130. The summed E-state index contributed by atoms with van der Waals surface area (Å²) in [5.74, 6) is 0.00239. The number of hydrogen-bond donors (Lipinski definition) is 3. The van der Waals surface area contributed by atoms with Crippen LogP contribution in [0.1, 0.15) is 35.3 Å². The van der Waals surface area contributed by atoms with Crippen LogP contribution in [0.15, 0.2) is 48.7 Å². The molecular formula is C28H31ClN6O5. The molecule has 12 heteroatoms. The van der Waals surface area contributed by atoms with Crippen LogP contribution < -0.4 is 20.7 Å². The fraction of sp³-hybridized carbons (Fsp3) is 0.357. The van der Waals surface area contributed by atoms with Crippen molar-refractivity contribution in [2.75, 3.05) is 29.6 Å². The molecule has 0 radical (unpaired) electrons. The molecule has 2 aliphatic heterocycles. The first kappa shape index (κ1) is 27.5. The molecule has 4 amide bonds. The second kappa shape index (κ2) is 11.6. The molecular weight excluding hydrogens is 536 g/mol. The van der Waals surface area contributed by atoms with Crippen molar-refractivity contribution in [2.24, 2.45) is 7.05 Å². The molecule has 11 nitrogen and oxygen atoms in total. The van der Waals surface area contributed by atoms with Crippen LogP contribution in [0.25, 0.3) is 0 Å². The van der Waals surface area contributed by atoms with Gasteiger partial charge in [-0.1, -0.05) is 17.7 Å². The van der Waals surface area contributed by atoms with Crippen molar-refractivity contribution in [3.8, 4) is 5.75 Å². The molecule has 5 rings (SSSR count). The van der Waals surface area contributed by atoms with Gasteiger partial charge < -0.3 is 30.3 Å². The summed E-state index contributed by atoms with van der Waals surface area (Å²) in [5, 5.41) is 13.1. The Morgan fingerprint density at radius 1 is 1.07 bits per heavy atom. The van der Waals surface area contributed by atoms with Crippen LogP contribution in [0.5, 0.6) is 5.75 Å². The SMILES string of the molecule is Cc1nn(C)cc1NC(=O)C[C@H]1CC[C@H]2[C@H](COc3ccc(NC(=O)Nc4cccc(Cl)c4)cc3C(=O)N2C)O1. The summed E-state index contributed by atoms with van der Waals surface area (Å²) >= 11 is 5.98. The van der Waals surface area contributed by atoms with E-state index in [1.165, 1.54) is 0 Å². The van der Waals surface area contributed by atoms with Gasteiger partial charge in [-0.2, -0.15) is 5.10 Å². The van der Waals surface area contributed by atoms with E-state index >= 15 is 0 Å². The van der Waals surface area contributed by atoms with Gasteiger partial charge in [-0.15, -0.1) is 0 Å². The van der Waals surface area contributed by atoms with E-state index in [2.05, 4.69) is 21.0 Å². The lowest BCUT2D eigenvalue weighted by Gasteiger charge is -2.42. The summed E-state index contributed by atoms with van der Waals surface area (Å²) in [6.07, 6.45) is 2.55. The summed E-state index contributed by atoms with van der Waals surface area (Å²) in [5.41, 5.74) is 2.74. The first-order chi connectivity index (χ1) is 19.2. The van der Waals surface area contributed by atoms with E-state index in [4.69, 9.17) is 21.1 Å². The summed E-state index contributed by atoms with van der Waals surface area (Å²) in [7, 11) is 3.54. The van der Waals surface area contributed by atoms with E-state index in [0.717, 1.165) is 5.69 Å². The number of benzene rings is 2. The van der Waals surface area contributed by atoms with Crippen molar-refractivity contribution in [1.29, 1.82) is 0 Å². The first-order valence-corrected chi connectivity index (χ1v) is 13.4. The van der Waals surface area contributed by atoms with Crippen LogP contribution in [0, 0.1) is 6.92 Å². The maximum atomic E-state index is 13.5. The van der Waals surface area contributed by atoms with E-state index in [-0.39, 0.29) is 37.0 Å². The summed E-state index contributed by atoms with van der Waals surface area (Å²) in [6.45, 7) is 2.06. The van der Waals surface area contributed by atoms with Crippen molar-refractivity contribution in [3.05, 3.63) is 64.9 Å². The number of amides is 4. The van der Waals surface area contributed by atoms with Crippen LogP contribution in [-0.4, -0.2) is 64.4 Å². The molecule has 40 heavy (non-hydrogen) atoms. The molecule has 2 aromatic carbocycles. The van der Waals surface area contributed by atoms with Gasteiger partial charge in [0.15, 0.2) is 0 Å². The number of halogens is 1. The van der Waals surface area contributed by atoms with Crippen LogP contribution in [0.2, 0.25) is 5.02 Å². The standard InChI is InChI=1S/C28H31ClN6O5/c1-16-22(14-34(2)33-16)32-26(36)13-20-8-9-23-25(40-20)15-39-24-10-7-19(12-21(24)27(37)35(23)3)31-28(38)30-18-6-4-5-17(29)11-18/h4-7,10-12,14,20,23,25H,8-9,13,15H2,1-3H3,(H,32,36)(H2,30,31,38)/t20-,23+,25+/m1/s1. The molecule has 3 aromatic rings. The fourth-order valence-electron chi connectivity index (χ4n) is 5.10. The van der Waals surface area contributed by atoms with E-state index < -0.39 is 12.1 Å². The highest BCUT2D eigenvalue weighted by atomic mass is 35.5. The Morgan fingerprint density at radius 3 is 2.58 bits per heavy atom. The lowest BCUT2D eigenvalue weighted by Crippen LogP contribution is -2.53. The number of fused-ring (bicyclic) bond motifs is 2. The van der Waals surface area contributed by atoms with Crippen molar-refractivity contribution < 1.29 is 23.9 Å². The van der Waals surface area contributed by atoms with Gasteiger partial charge >= 0.3 is 6.03 Å². The minimum Gasteiger partial charge on any atom is -0.490 e. The van der Waals surface area contributed by atoms with Crippen molar-refractivity contribution in [3.63, 3.8) is 0 Å². The highest BCUT2D eigenvalue weighted by molar-refractivity contribution is 6.30. The number of aromatic nitrogens is 2. The molecule has 1 fully saturated rings. The topological polar surface area (TPSA) is 127 Å². The third-order valence-electron chi connectivity index (χ3n) is 7.05. The molecule has 1 aromatic heterocycles. The number of nitrogens with zero attached hydrogens (tertiary/aromatic N) is 3. The molecule has 3 heterocycles. The van der Waals surface area contributed by atoms with Crippen LogP contribution >= 0.6 is 11.6 Å². The zero-order valence-corrected chi connectivity index (χ0v) is 23.2. The monoisotopic (exact) mass is 566 g/mol.